The Balaban J connectivity index is 1.35. The molecule has 1 aromatic heterocycles. The molecular weight excluding hydrogens is 526 g/mol. The van der Waals surface area contributed by atoms with E-state index in [9.17, 15) is 9.59 Å². The Labute approximate surface area is 236 Å². The molecule has 6 rings (SSSR count). The second-order valence-corrected chi connectivity index (χ2v) is 10.0. The van der Waals surface area contributed by atoms with Gasteiger partial charge in [-0.3, -0.25) is 9.59 Å². The zero-order valence-electron chi connectivity index (χ0n) is 22.7. The van der Waals surface area contributed by atoms with Crippen LogP contribution in [0, 0.1) is 0 Å². The summed E-state index contributed by atoms with van der Waals surface area (Å²) in [5.41, 5.74) is 2.85. The maximum atomic E-state index is 14.1. The number of carbonyl (C=O) groups excluding carboxylic acids is 2. The van der Waals surface area contributed by atoms with Gasteiger partial charge in [0, 0.05) is 19.7 Å². The predicted octanol–water partition coefficient (Wildman–Crippen LogP) is 3.23. The molecule has 2 amide bonds. The van der Waals surface area contributed by atoms with Crippen LogP contribution in [0.15, 0.2) is 66.7 Å². The summed E-state index contributed by atoms with van der Waals surface area (Å²) in [6.07, 6.45) is 1.80. The number of hydrogen-bond acceptors (Lipinski definition) is 8. The van der Waals surface area contributed by atoms with Gasteiger partial charge in [0.25, 0.3) is 0 Å². The Morgan fingerprint density at radius 2 is 1.93 bits per heavy atom. The summed E-state index contributed by atoms with van der Waals surface area (Å²) in [5.74, 6) is 1.28. The van der Waals surface area contributed by atoms with Crippen LogP contribution in [0.2, 0.25) is 0 Å². The van der Waals surface area contributed by atoms with Crippen molar-refractivity contribution in [3.05, 3.63) is 77.9 Å². The SMILES string of the molecule is COc1ccc([C@@H](C(=O)NC[C@H]2CCCO2)N(Cc2ccc3c(c2)OCO3)C(=O)Cn2nnc3ccccc32)cc1. The number of methoxy groups -OCH3 is 1. The molecule has 212 valence electrons. The summed E-state index contributed by atoms with van der Waals surface area (Å²) >= 11 is 0. The molecule has 1 fully saturated rings. The van der Waals surface area contributed by atoms with Gasteiger partial charge in [-0.15, -0.1) is 5.10 Å². The first kappa shape index (κ1) is 26.6. The van der Waals surface area contributed by atoms with Gasteiger partial charge in [-0.05, 0) is 60.4 Å². The normalized spacial score (nSPS) is 16.5. The van der Waals surface area contributed by atoms with E-state index in [0.29, 0.717) is 41.5 Å². The molecule has 0 saturated carbocycles. The molecule has 1 saturated heterocycles. The quantitative estimate of drug-likeness (QED) is 0.316. The zero-order chi connectivity index (χ0) is 28.2. The molecule has 2 aliphatic rings. The van der Waals surface area contributed by atoms with Crippen LogP contribution in [-0.2, 0) is 27.4 Å². The predicted molar refractivity (Wildman–Crippen MR) is 148 cm³/mol. The number of nitrogens with one attached hydrogen (secondary N) is 1. The lowest BCUT2D eigenvalue weighted by Crippen LogP contribution is -2.46. The Hall–Kier alpha value is -4.64. The van der Waals surface area contributed by atoms with Gasteiger partial charge in [0.05, 0.1) is 18.7 Å². The topological polar surface area (TPSA) is 117 Å². The van der Waals surface area contributed by atoms with Gasteiger partial charge in [0.15, 0.2) is 11.5 Å². The maximum absolute atomic E-state index is 14.1. The van der Waals surface area contributed by atoms with Crippen molar-refractivity contribution in [1.82, 2.24) is 25.2 Å². The third kappa shape index (κ3) is 5.80. The van der Waals surface area contributed by atoms with Crippen LogP contribution in [0.5, 0.6) is 17.2 Å². The van der Waals surface area contributed by atoms with E-state index < -0.39 is 6.04 Å². The molecule has 41 heavy (non-hydrogen) atoms. The Morgan fingerprint density at radius 3 is 2.73 bits per heavy atom. The molecule has 2 aliphatic heterocycles. The van der Waals surface area contributed by atoms with Crippen molar-refractivity contribution in [3.8, 4) is 17.2 Å². The van der Waals surface area contributed by atoms with Crippen LogP contribution in [-0.4, -0.2) is 64.9 Å². The van der Waals surface area contributed by atoms with Crippen LogP contribution < -0.4 is 19.5 Å². The van der Waals surface area contributed by atoms with Gasteiger partial charge in [-0.25, -0.2) is 4.68 Å². The van der Waals surface area contributed by atoms with Crippen LogP contribution in [0.3, 0.4) is 0 Å². The van der Waals surface area contributed by atoms with Crippen molar-refractivity contribution in [2.24, 2.45) is 0 Å². The van der Waals surface area contributed by atoms with E-state index in [0.717, 1.165) is 23.9 Å². The average molecular weight is 558 g/mol. The fraction of sp³-hybridized carbons (Fsp3) is 0.333. The van der Waals surface area contributed by atoms with Crippen molar-refractivity contribution in [3.63, 3.8) is 0 Å². The number of para-hydroxylation sites is 1. The summed E-state index contributed by atoms with van der Waals surface area (Å²) in [4.78, 5) is 29.6. The molecule has 1 N–H and O–H groups in total. The van der Waals surface area contributed by atoms with Crippen molar-refractivity contribution >= 4 is 22.8 Å². The van der Waals surface area contributed by atoms with E-state index in [1.54, 1.807) is 41.0 Å². The van der Waals surface area contributed by atoms with Gasteiger partial charge in [0.2, 0.25) is 18.6 Å². The maximum Gasteiger partial charge on any atom is 0.247 e. The lowest BCUT2D eigenvalue weighted by atomic mass is 10.0. The molecule has 0 radical (unpaired) electrons. The minimum Gasteiger partial charge on any atom is -0.497 e. The van der Waals surface area contributed by atoms with E-state index in [4.69, 9.17) is 18.9 Å². The number of fused-ring (bicyclic) bond motifs is 2. The third-order valence-electron chi connectivity index (χ3n) is 7.34. The fourth-order valence-corrected chi connectivity index (χ4v) is 5.19. The molecular formula is C30H31N5O6. The molecule has 0 unspecified atom stereocenters. The van der Waals surface area contributed by atoms with E-state index in [2.05, 4.69) is 15.6 Å². The first-order valence-corrected chi connectivity index (χ1v) is 13.6. The summed E-state index contributed by atoms with van der Waals surface area (Å²) in [6, 6.07) is 19.2. The van der Waals surface area contributed by atoms with Gasteiger partial charge >= 0.3 is 0 Å². The van der Waals surface area contributed by atoms with Gasteiger partial charge in [-0.2, -0.15) is 0 Å². The lowest BCUT2D eigenvalue weighted by Gasteiger charge is -2.32. The number of amides is 2. The number of nitrogens with zero attached hydrogens (tertiary/aromatic N) is 4. The first-order valence-electron chi connectivity index (χ1n) is 13.6. The molecule has 0 aliphatic carbocycles. The zero-order valence-corrected chi connectivity index (χ0v) is 22.7. The minimum atomic E-state index is -0.935. The largest absolute Gasteiger partial charge is 0.497 e. The molecule has 11 nitrogen and oxygen atoms in total. The molecule has 4 aromatic rings. The Morgan fingerprint density at radius 1 is 1.10 bits per heavy atom. The number of aromatic nitrogens is 3. The number of benzene rings is 3. The van der Waals surface area contributed by atoms with Crippen molar-refractivity contribution in [2.45, 2.75) is 38.1 Å². The highest BCUT2D eigenvalue weighted by Crippen LogP contribution is 2.34. The fourth-order valence-electron chi connectivity index (χ4n) is 5.19. The standard InChI is InChI=1S/C30H31N5O6/c1-38-22-11-9-21(10-12-22)29(30(37)31-16-23-5-4-14-39-23)34(17-20-8-13-26-27(15-20)41-19-40-26)28(36)18-35-25-7-3-2-6-24(25)32-33-35/h2-3,6-13,15,23,29H,4-5,14,16-19H2,1H3,(H,31,37)/t23-,29+/m1/s1. The minimum absolute atomic E-state index is 0.0463. The smallest absolute Gasteiger partial charge is 0.247 e. The van der Waals surface area contributed by atoms with Crippen LogP contribution in [0.4, 0.5) is 0 Å². The molecule has 0 spiro atoms. The molecule has 3 aromatic carbocycles. The molecule has 3 heterocycles. The van der Waals surface area contributed by atoms with Crippen LogP contribution in [0.25, 0.3) is 11.0 Å². The number of hydrogen-bond donors (Lipinski definition) is 1. The van der Waals surface area contributed by atoms with Gasteiger partial charge in [0.1, 0.15) is 23.9 Å². The highest BCUT2D eigenvalue weighted by Gasteiger charge is 2.33. The average Bonchev–Trinajstić information content (AvgIpc) is 3.78. The Bertz CT molecular complexity index is 1530. The number of rotatable bonds is 10. The second kappa shape index (κ2) is 11.8. The molecule has 11 heteroatoms. The summed E-state index contributed by atoms with van der Waals surface area (Å²) in [6.45, 7) is 1.23. The third-order valence-corrected chi connectivity index (χ3v) is 7.34. The van der Waals surface area contributed by atoms with E-state index in [1.165, 1.54) is 0 Å². The van der Waals surface area contributed by atoms with Gasteiger partial charge in [-0.1, -0.05) is 35.5 Å². The number of ether oxygens (including phenoxy) is 4. The van der Waals surface area contributed by atoms with Crippen molar-refractivity contribution < 1.29 is 28.5 Å². The van der Waals surface area contributed by atoms with Crippen LogP contribution in [0.1, 0.15) is 30.0 Å². The highest BCUT2D eigenvalue weighted by molar-refractivity contribution is 5.89. The monoisotopic (exact) mass is 557 g/mol. The lowest BCUT2D eigenvalue weighted by molar-refractivity contribution is -0.142. The summed E-state index contributed by atoms with van der Waals surface area (Å²) in [5, 5.41) is 11.4. The van der Waals surface area contributed by atoms with E-state index in [1.807, 2.05) is 42.5 Å². The van der Waals surface area contributed by atoms with Gasteiger partial charge < -0.3 is 29.2 Å². The van der Waals surface area contributed by atoms with E-state index >= 15 is 0 Å². The van der Waals surface area contributed by atoms with Crippen LogP contribution >= 0.6 is 0 Å². The molecule has 2 atom stereocenters. The number of carbonyl (C=O) groups is 2. The first-order chi connectivity index (χ1) is 20.1. The summed E-state index contributed by atoms with van der Waals surface area (Å²) in [7, 11) is 1.58. The Kier molecular flexibility index (Phi) is 7.68. The molecule has 0 bridgehead atoms. The van der Waals surface area contributed by atoms with Crippen molar-refractivity contribution in [1.29, 1.82) is 0 Å². The second-order valence-electron chi connectivity index (χ2n) is 10.0. The van der Waals surface area contributed by atoms with Crippen molar-refractivity contribution in [2.75, 3.05) is 27.1 Å². The highest BCUT2D eigenvalue weighted by atomic mass is 16.7. The summed E-state index contributed by atoms with van der Waals surface area (Å²) < 4.78 is 23.7. The van der Waals surface area contributed by atoms with E-state index in [-0.39, 0.29) is 37.8 Å².